The molecule has 0 radical (unpaired) electrons. The summed E-state index contributed by atoms with van der Waals surface area (Å²) in [7, 11) is 0. The highest BCUT2D eigenvalue weighted by Gasteiger charge is 2.42. The quantitative estimate of drug-likeness (QED) is 0.220. The van der Waals surface area contributed by atoms with Crippen LogP contribution in [0.2, 0.25) is 5.02 Å². The van der Waals surface area contributed by atoms with E-state index in [0.29, 0.717) is 16.9 Å². The number of aryl methyl sites for hydroxylation is 1. The first-order valence-corrected chi connectivity index (χ1v) is 15.8. The van der Waals surface area contributed by atoms with Gasteiger partial charge in [0.2, 0.25) is 0 Å². The van der Waals surface area contributed by atoms with E-state index >= 15 is 0 Å². The number of pyridine rings is 1. The van der Waals surface area contributed by atoms with Crippen molar-refractivity contribution in [3.05, 3.63) is 105 Å². The Hall–Kier alpha value is -2.87. The second-order valence-corrected chi connectivity index (χ2v) is 13.2. The number of rotatable bonds is 5. The van der Waals surface area contributed by atoms with E-state index in [-0.39, 0.29) is 12.1 Å². The lowest BCUT2D eigenvalue weighted by Crippen LogP contribution is -2.38. The van der Waals surface area contributed by atoms with Crippen molar-refractivity contribution in [2.24, 2.45) is 11.8 Å². The topological polar surface area (TPSA) is 36.3 Å². The van der Waals surface area contributed by atoms with Crippen LogP contribution in [0, 0.1) is 25.7 Å². The Bertz CT molecular complexity index is 1580. The predicted molar refractivity (Wildman–Crippen MR) is 177 cm³/mol. The van der Waals surface area contributed by atoms with Crippen LogP contribution in [0.5, 0.6) is 0 Å². The number of hydrogen-bond acceptors (Lipinski definition) is 3. The number of anilines is 2. The third kappa shape index (κ3) is 5.28. The van der Waals surface area contributed by atoms with Gasteiger partial charge in [-0.15, -0.1) is 0 Å². The van der Waals surface area contributed by atoms with Crippen molar-refractivity contribution in [1.29, 1.82) is 0 Å². The Kier molecular flexibility index (Phi) is 7.88. The molecule has 0 aliphatic carbocycles. The third-order valence-electron chi connectivity index (χ3n) is 8.40. The van der Waals surface area contributed by atoms with Crippen LogP contribution in [-0.2, 0) is 0 Å². The lowest BCUT2D eigenvalue weighted by molar-refractivity contribution is 0.357. The van der Waals surface area contributed by atoms with Crippen molar-refractivity contribution >= 4 is 56.2 Å². The third-order valence-corrected chi connectivity index (χ3v) is 9.69. The molecule has 2 aromatic carbocycles. The molecule has 0 unspecified atom stereocenters. The van der Waals surface area contributed by atoms with E-state index in [1.165, 1.54) is 12.0 Å². The molecule has 2 aliphatic heterocycles. The normalized spacial score (nSPS) is 22.7. The first-order chi connectivity index (χ1) is 19.7. The zero-order valence-electron chi connectivity index (χ0n) is 23.8. The van der Waals surface area contributed by atoms with Crippen LogP contribution in [0.15, 0.2) is 77.4 Å². The molecule has 0 bridgehead atoms. The summed E-state index contributed by atoms with van der Waals surface area (Å²) in [5, 5.41) is 5.03. The number of hydrogen-bond donors (Lipinski definition) is 1. The molecular formula is C33H35BrClN5S. The Morgan fingerprint density at radius 2 is 1.68 bits per heavy atom. The summed E-state index contributed by atoms with van der Waals surface area (Å²) in [6, 6.07) is 22.8. The molecule has 2 aromatic heterocycles. The zero-order valence-corrected chi connectivity index (χ0v) is 27.0. The number of piperidine rings is 1. The lowest BCUT2D eigenvalue weighted by Gasteiger charge is -2.37. The average molecular weight is 649 g/mol. The van der Waals surface area contributed by atoms with E-state index in [1.807, 2.05) is 24.4 Å². The number of aromatic nitrogens is 2. The van der Waals surface area contributed by atoms with Crippen LogP contribution >= 0.6 is 39.7 Å². The molecule has 0 spiro atoms. The number of thiocarbonyl (C=S) groups is 1. The molecule has 2 saturated heterocycles. The fourth-order valence-electron chi connectivity index (χ4n) is 6.80. The van der Waals surface area contributed by atoms with E-state index < -0.39 is 0 Å². The van der Waals surface area contributed by atoms with Gasteiger partial charge in [0.25, 0.3) is 0 Å². The van der Waals surface area contributed by atoms with Crippen molar-refractivity contribution in [2.45, 2.75) is 46.2 Å². The summed E-state index contributed by atoms with van der Waals surface area (Å²) in [6.07, 6.45) is 3.10. The van der Waals surface area contributed by atoms with E-state index in [4.69, 9.17) is 28.8 Å². The average Bonchev–Trinajstić information content (AvgIpc) is 3.43. The fraction of sp³-hybridized carbons (Fsp3) is 0.333. The van der Waals surface area contributed by atoms with Gasteiger partial charge in [-0.1, -0.05) is 43.6 Å². The number of nitrogens with one attached hydrogen (secondary N) is 1. The summed E-state index contributed by atoms with van der Waals surface area (Å²) in [4.78, 5) is 9.40. The van der Waals surface area contributed by atoms with Gasteiger partial charge in [-0.3, -0.25) is 4.98 Å². The van der Waals surface area contributed by atoms with Crippen LogP contribution in [-0.4, -0.2) is 27.8 Å². The molecule has 8 heteroatoms. The monoisotopic (exact) mass is 647 g/mol. The predicted octanol–water partition coefficient (Wildman–Crippen LogP) is 8.56. The molecule has 1 N–H and O–H groups in total. The van der Waals surface area contributed by atoms with Gasteiger partial charge >= 0.3 is 0 Å². The molecule has 41 heavy (non-hydrogen) atoms. The van der Waals surface area contributed by atoms with Gasteiger partial charge in [0, 0.05) is 40.8 Å². The van der Waals surface area contributed by atoms with Crippen LogP contribution in [0.4, 0.5) is 11.4 Å². The smallest absolute Gasteiger partial charge is 0.174 e. The van der Waals surface area contributed by atoms with Gasteiger partial charge in [0.15, 0.2) is 5.11 Å². The van der Waals surface area contributed by atoms with E-state index in [9.17, 15) is 0 Å². The number of para-hydroxylation sites is 1. The van der Waals surface area contributed by atoms with Crippen molar-refractivity contribution in [2.75, 3.05) is 22.9 Å². The Balaban J connectivity index is 1.45. The van der Waals surface area contributed by atoms with Crippen LogP contribution < -0.4 is 15.1 Å². The summed E-state index contributed by atoms with van der Waals surface area (Å²) in [5.74, 6) is 1.29. The first-order valence-electron chi connectivity index (χ1n) is 14.2. The summed E-state index contributed by atoms with van der Waals surface area (Å²) >= 11 is 16.8. The fourth-order valence-corrected chi connectivity index (χ4v) is 7.90. The van der Waals surface area contributed by atoms with Crippen molar-refractivity contribution in [3.63, 3.8) is 0 Å². The van der Waals surface area contributed by atoms with Gasteiger partial charge in [0.05, 0.1) is 34.2 Å². The molecule has 212 valence electrons. The summed E-state index contributed by atoms with van der Waals surface area (Å²) in [5.41, 5.74) is 7.65. The minimum Gasteiger partial charge on any atom is -0.370 e. The summed E-state index contributed by atoms with van der Waals surface area (Å²) in [6.45, 7) is 11.0. The minimum absolute atomic E-state index is 0.114. The summed E-state index contributed by atoms with van der Waals surface area (Å²) < 4.78 is 3.36. The Morgan fingerprint density at radius 1 is 0.951 bits per heavy atom. The van der Waals surface area contributed by atoms with Crippen LogP contribution in [0.3, 0.4) is 0 Å². The molecule has 0 amide bonds. The van der Waals surface area contributed by atoms with Crippen molar-refractivity contribution in [1.82, 2.24) is 14.9 Å². The maximum atomic E-state index is 7.04. The zero-order chi connectivity index (χ0) is 28.8. The highest BCUT2D eigenvalue weighted by Crippen LogP contribution is 2.45. The van der Waals surface area contributed by atoms with Crippen molar-refractivity contribution < 1.29 is 0 Å². The molecule has 2 fully saturated rings. The van der Waals surface area contributed by atoms with Gasteiger partial charge in [-0.25, -0.2) is 0 Å². The molecule has 4 atom stereocenters. The standard InChI is InChI=1S/C33H35BrClN5S/c1-20-15-21(2)19-38(18-20)30-13-12-24(17-27(30)35)40-32(31(37-33(40)41)28-10-7-8-14-36-28)25-16-22(3)39(23(25)4)29-11-6-5-9-26(29)34/h5-14,16-17,20-21,31-32H,15,18-19H2,1-4H3,(H,37,41)/t20-,21+,31-,32+/m0/s1. The second kappa shape index (κ2) is 11.4. The van der Waals surface area contributed by atoms with E-state index in [2.05, 4.69) is 112 Å². The Labute approximate surface area is 261 Å². The Morgan fingerprint density at radius 3 is 2.37 bits per heavy atom. The van der Waals surface area contributed by atoms with Crippen LogP contribution in [0.1, 0.15) is 55.0 Å². The van der Waals surface area contributed by atoms with Gasteiger partial charge < -0.3 is 19.7 Å². The van der Waals surface area contributed by atoms with Crippen LogP contribution in [0.25, 0.3) is 5.69 Å². The second-order valence-electron chi connectivity index (χ2n) is 11.6. The molecule has 4 aromatic rings. The SMILES string of the molecule is Cc1cc([C@@H]2[C@H](c3ccccn3)NC(=S)N2c2ccc(N3C[C@H](C)C[C@H](C)C3)c(Cl)c2)c(C)n1-c1ccccc1Br. The van der Waals surface area contributed by atoms with Crippen molar-refractivity contribution in [3.8, 4) is 5.69 Å². The molecule has 6 rings (SSSR count). The largest absolute Gasteiger partial charge is 0.370 e. The van der Waals surface area contributed by atoms with Gasteiger partial charge in [0.1, 0.15) is 0 Å². The van der Waals surface area contributed by atoms with E-state index in [1.54, 1.807) is 0 Å². The number of benzene rings is 2. The molecule has 4 heterocycles. The first kappa shape index (κ1) is 28.3. The maximum Gasteiger partial charge on any atom is 0.174 e. The highest BCUT2D eigenvalue weighted by atomic mass is 79.9. The molecule has 2 aliphatic rings. The molecule has 0 saturated carbocycles. The minimum atomic E-state index is -0.126. The number of nitrogens with zero attached hydrogens (tertiary/aromatic N) is 4. The number of halogens is 2. The van der Waals surface area contributed by atoms with E-state index in [0.717, 1.165) is 56.7 Å². The van der Waals surface area contributed by atoms with Gasteiger partial charge in [-0.2, -0.15) is 0 Å². The lowest BCUT2D eigenvalue weighted by atomic mass is 9.91. The maximum absolute atomic E-state index is 7.04. The highest BCUT2D eigenvalue weighted by molar-refractivity contribution is 9.10. The molecule has 5 nitrogen and oxygen atoms in total. The van der Waals surface area contributed by atoms with Gasteiger partial charge in [-0.05, 0) is 114 Å². The molecular weight excluding hydrogens is 614 g/mol.